The molecule has 1 amide bonds. The van der Waals surface area contributed by atoms with Crippen molar-refractivity contribution in [2.75, 3.05) is 41.8 Å². The summed E-state index contributed by atoms with van der Waals surface area (Å²) in [6, 6.07) is 1.87. The summed E-state index contributed by atoms with van der Waals surface area (Å²) >= 11 is 0. The number of hydrogen-bond donors (Lipinski definition) is 3. The molecule has 2 aliphatic heterocycles. The van der Waals surface area contributed by atoms with Gasteiger partial charge in [0.05, 0.1) is 37.0 Å². The molecule has 0 bridgehead atoms. The Labute approximate surface area is 206 Å². The first-order valence-corrected chi connectivity index (χ1v) is 11.4. The zero-order valence-corrected chi connectivity index (χ0v) is 19.6. The number of anilines is 3. The van der Waals surface area contributed by atoms with Crippen LogP contribution < -0.4 is 15.1 Å². The van der Waals surface area contributed by atoms with Gasteiger partial charge in [0, 0.05) is 38.1 Å². The van der Waals surface area contributed by atoms with Crippen LogP contribution in [0.5, 0.6) is 0 Å². The number of imidazole rings is 1. The first kappa shape index (κ1) is 23.4. The van der Waals surface area contributed by atoms with E-state index in [0.717, 1.165) is 30.8 Å². The molecule has 14 heteroatoms. The molecule has 2 aliphatic rings. The van der Waals surface area contributed by atoms with Gasteiger partial charge < -0.3 is 29.9 Å². The van der Waals surface area contributed by atoms with Gasteiger partial charge in [0.25, 0.3) is 5.91 Å². The Morgan fingerprint density at radius 1 is 1.19 bits per heavy atom. The van der Waals surface area contributed by atoms with E-state index in [4.69, 9.17) is 5.26 Å². The monoisotopic (exact) mass is 491 g/mol. The summed E-state index contributed by atoms with van der Waals surface area (Å²) < 4.78 is 1.46. The van der Waals surface area contributed by atoms with Crippen LogP contribution in [0.25, 0.3) is 11.3 Å². The molecule has 14 nitrogen and oxygen atoms in total. The number of nitrogens with zero attached hydrogens (tertiary/aromatic N) is 10. The number of amides is 1. The Kier molecular flexibility index (Phi) is 6.32. The summed E-state index contributed by atoms with van der Waals surface area (Å²) in [4.78, 5) is 39.2. The smallest absolute Gasteiger partial charge is 0.278 e. The van der Waals surface area contributed by atoms with E-state index in [1.54, 1.807) is 25.6 Å². The van der Waals surface area contributed by atoms with Gasteiger partial charge in [0.1, 0.15) is 18.6 Å². The third-order valence-corrected chi connectivity index (χ3v) is 6.12. The predicted octanol–water partition coefficient (Wildman–Crippen LogP) is -0.148. The van der Waals surface area contributed by atoms with Crippen LogP contribution in [0.3, 0.4) is 0 Å². The summed E-state index contributed by atoms with van der Waals surface area (Å²) in [7, 11) is 1.56. The molecule has 0 radical (unpaired) electrons. The number of aliphatic hydroxyl groups is 2. The molecule has 0 aliphatic carbocycles. The van der Waals surface area contributed by atoms with Crippen molar-refractivity contribution in [1.29, 1.82) is 5.26 Å². The maximum Gasteiger partial charge on any atom is 0.278 e. The molecule has 3 aromatic heterocycles. The number of carbonyl (C=O) groups excluding carboxylic acids is 1. The van der Waals surface area contributed by atoms with E-state index < -0.39 is 18.5 Å². The minimum atomic E-state index is -1.30. The van der Waals surface area contributed by atoms with E-state index >= 15 is 0 Å². The Balaban J connectivity index is 1.29. The molecule has 3 N–H and O–H groups in total. The van der Waals surface area contributed by atoms with Crippen molar-refractivity contribution < 1.29 is 15.0 Å². The third-order valence-electron chi connectivity index (χ3n) is 6.12. The molecule has 5 heterocycles. The normalized spacial score (nSPS) is 18.2. The van der Waals surface area contributed by atoms with E-state index in [2.05, 4.69) is 35.1 Å². The lowest BCUT2D eigenvalue weighted by Crippen LogP contribution is -2.54. The second-order valence-corrected chi connectivity index (χ2v) is 8.53. The largest absolute Gasteiger partial charge is 0.372 e. The maximum atomic E-state index is 12.9. The van der Waals surface area contributed by atoms with Crippen molar-refractivity contribution in [1.82, 2.24) is 34.4 Å². The molecule has 2 atom stereocenters. The molecule has 1 saturated heterocycles. The lowest BCUT2D eigenvalue weighted by Gasteiger charge is -2.37. The van der Waals surface area contributed by atoms with Crippen LogP contribution in [-0.2, 0) is 6.54 Å². The highest BCUT2D eigenvalue weighted by atomic mass is 16.3. The third kappa shape index (κ3) is 4.37. The molecular formula is C22H25N11O3. The van der Waals surface area contributed by atoms with Crippen LogP contribution in [0.15, 0.2) is 31.1 Å². The van der Waals surface area contributed by atoms with E-state index in [0.29, 0.717) is 23.0 Å². The molecule has 1 fully saturated rings. The fraction of sp³-hybridized carbons (Fsp3) is 0.409. The highest BCUT2D eigenvalue weighted by Gasteiger charge is 2.38. The fourth-order valence-electron chi connectivity index (χ4n) is 4.29. The van der Waals surface area contributed by atoms with Crippen molar-refractivity contribution >= 4 is 23.5 Å². The molecule has 0 saturated carbocycles. The first-order valence-electron chi connectivity index (χ1n) is 11.4. The standard InChI is InChI=1S/C22H25N11O3/c1-30-19-18(20(35)33(7-4-23)22(30)36)32(13-27-19)12-17(34)29-16-11-24-10-15(28-16)14-8-25-21(26-9-14)31-5-2-3-6-31/h8-11,13,17,22,34,36H,2-3,5-7,12H2,1H3,(H,28,29). The maximum absolute atomic E-state index is 12.9. The Morgan fingerprint density at radius 3 is 2.67 bits per heavy atom. The second kappa shape index (κ2) is 9.72. The van der Waals surface area contributed by atoms with Crippen LogP contribution in [0, 0.1) is 11.3 Å². The van der Waals surface area contributed by atoms with Crippen molar-refractivity contribution in [3.8, 4) is 17.3 Å². The van der Waals surface area contributed by atoms with Crippen molar-refractivity contribution in [3.05, 3.63) is 36.8 Å². The minimum Gasteiger partial charge on any atom is -0.372 e. The number of carbonyl (C=O) groups is 1. The number of hydrogen-bond acceptors (Lipinski definition) is 12. The Morgan fingerprint density at radius 2 is 1.94 bits per heavy atom. The molecule has 3 aromatic rings. The van der Waals surface area contributed by atoms with Gasteiger partial charge in [0.2, 0.25) is 12.3 Å². The fourth-order valence-corrected chi connectivity index (χ4v) is 4.29. The zero-order chi connectivity index (χ0) is 25.2. The summed E-state index contributed by atoms with van der Waals surface area (Å²) in [5.74, 6) is 0.718. The number of aliphatic hydroxyl groups excluding tert-OH is 2. The lowest BCUT2D eigenvalue weighted by atomic mass is 10.2. The summed E-state index contributed by atoms with van der Waals surface area (Å²) in [6.07, 6.45) is 7.69. The molecule has 186 valence electrons. The summed E-state index contributed by atoms with van der Waals surface area (Å²) in [5, 5.41) is 32.9. The lowest BCUT2D eigenvalue weighted by molar-refractivity contribution is 0.00888. The number of nitrogens with one attached hydrogen (secondary N) is 1. The van der Waals surface area contributed by atoms with Gasteiger partial charge in [-0.25, -0.2) is 19.9 Å². The van der Waals surface area contributed by atoms with E-state index in [1.165, 1.54) is 22.0 Å². The molecule has 0 spiro atoms. The average molecular weight is 492 g/mol. The van der Waals surface area contributed by atoms with E-state index in [-0.39, 0.29) is 24.6 Å². The van der Waals surface area contributed by atoms with Crippen LogP contribution in [0.4, 0.5) is 17.6 Å². The van der Waals surface area contributed by atoms with Crippen LogP contribution in [0.2, 0.25) is 0 Å². The SMILES string of the molecule is CN1c2ncn(CC(O)Nc3cncc(-c4cnc(N5CCCC5)nc4)n3)c2C(=O)N(CC#N)C1O. The van der Waals surface area contributed by atoms with Crippen LogP contribution >= 0.6 is 0 Å². The van der Waals surface area contributed by atoms with Crippen LogP contribution in [0.1, 0.15) is 23.3 Å². The average Bonchev–Trinajstić information content (AvgIpc) is 3.56. The Bertz CT molecular complexity index is 1280. The highest BCUT2D eigenvalue weighted by Crippen LogP contribution is 2.28. The number of aromatic nitrogens is 6. The van der Waals surface area contributed by atoms with Crippen molar-refractivity contribution in [2.24, 2.45) is 0 Å². The van der Waals surface area contributed by atoms with E-state index in [1.807, 2.05) is 6.07 Å². The second-order valence-electron chi connectivity index (χ2n) is 8.53. The minimum absolute atomic E-state index is 0.0437. The summed E-state index contributed by atoms with van der Waals surface area (Å²) in [5.41, 5.74) is 1.39. The number of fused-ring (bicyclic) bond motifs is 1. The van der Waals surface area contributed by atoms with Gasteiger partial charge in [-0.1, -0.05) is 0 Å². The molecule has 5 rings (SSSR count). The molecule has 36 heavy (non-hydrogen) atoms. The predicted molar refractivity (Wildman–Crippen MR) is 127 cm³/mol. The number of nitriles is 1. The molecule has 0 aromatic carbocycles. The molecular weight excluding hydrogens is 466 g/mol. The van der Waals surface area contributed by atoms with Gasteiger partial charge in [0.15, 0.2) is 11.5 Å². The first-order chi connectivity index (χ1) is 17.5. The quantitative estimate of drug-likeness (QED) is 0.295. The highest BCUT2D eigenvalue weighted by molar-refractivity contribution is 5.99. The zero-order valence-electron chi connectivity index (χ0n) is 19.6. The van der Waals surface area contributed by atoms with Gasteiger partial charge in [-0.3, -0.25) is 14.7 Å². The van der Waals surface area contributed by atoms with Gasteiger partial charge in [-0.15, -0.1) is 0 Å². The summed E-state index contributed by atoms with van der Waals surface area (Å²) in [6.45, 7) is 1.57. The van der Waals surface area contributed by atoms with E-state index in [9.17, 15) is 15.0 Å². The van der Waals surface area contributed by atoms with Gasteiger partial charge >= 0.3 is 0 Å². The molecule has 2 unspecified atom stereocenters. The number of rotatable bonds is 7. The van der Waals surface area contributed by atoms with Crippen molar-refractivity contribution in [3.63, 3.8) is 0 Å². The van der Waals surface area contributed by atoms with Crippen LogP contribution in [-0.4, -0.2) is 89.8 Å². The van der Waals surface area contributed by atoms with Crippen molar-refractivity contribution in [2.45, 2.75) is 32.0 Å². The van der Waals surface area contributed by atoms with Gasteiger partial charge in [-0.2, -0.15) is 5.26 Å². The van der Waals surface area contributed by atoms with Gasteiger partial charge in [-0.05, 0) is 12.8 Å². The Hall–Kier alpha value is -4.35. The topological polar surface area (TPSA) is 172 Å².